The molecule has 3 rings (SSSR count). The van der Waals surface area contributed by atoms with Gasteiger partial charge in [-0.3, -0.25) is 19.5 Å². The average molecular weight is 269 g/mol. The molecule has 1 fully saturated rings. The van der Waals surface area contributed by atoms with E-state index in [-0.39, 0.29) is 18.2 Å². The highest BCUT2D eigenvalue weighted by Crippen LogP contribution is 2.16. The van der Waals surface area contributed by atoms with Gasteiger partial charge in [0, 0.05) is 31.4 Å². The number of pyridine rings is 1. The SMILES string of the molecule is CN1C(=O)CC(NCc2ccc3cnccc3c2)C1=O. The lowest BCUT2D eigenvalue weighted by Gasteiger charge is -2.11. The topological polar surface area (TPSA) is 62.3 Å². The maximum absolute atomic E-state index is 11.8. The number of likely N-dealkylation sites (N-methyl/N-ethyl adjacent to an activating group) is 1. The van der Waals surface area contributed by atoms with Crippen molar-refractivity contribution in [3.8, 4) is 0 Å². The fourth-order valence-corrected chi connectivity index (χ4v) is 2.40. The highest BCUT2D eigenvalue weighted by Gasteiger charge is 2.35. The number of nitrogens with one attached hydrogen (secondary N) is 1. The van der Waals surface area contributed by atoms with E-state index in [4.69, 9.17) is 0 Å². The minimum Gasteiger partial charge on any atom is -0.301 e. The van der Waals surface area contributed by atoms with E-state index in [1.54, 1.807) is 6.20 Å². The number of carbonyl (C=O) groups is 2. The Bertz CT molecular complexity index is 684. The number of carbonyl (C=O) groups excluding carboxylic acids is 2. The second kappa shape index (κ2) is 5.02. The largest absolute Gasteiger partial charge is 0.301 e. The summed E-state index contributed by atoms with van der Waals surface area (Å²) in [5.41, 5.74) is 1.08. The first-order chi connectivity index (χ1) is 9.65. The monoisotopic (exact) mass is 269 g/mol. The Morgan fingerprint density at radius 2 is 2.15 bits per heavy atom. The fraction of sp³-hybridized carbons (Fsp3) is 0.267. The highest BCUT2D eigenvalue weighted by molar-refractivity contribution is 6.05. The third kappa shape index (κ3) is 2.28. The molecule has 0 radical (unpaired) electrons. The quantitative estimate of drug-likeness (QED) is 0.847. The molecule has 1 aliphatic heterocycles. The minimum absolute atomic E-state index is 0.128. The number of hydrogen-bond acceptors (Lipinski definition) is 4. The van der Waals surface area contributed by atoms with Crippen LogP contribution in [0.4, 0.5) is 0 Å². The van der Waals surface area contributed by atoms with Gasteiger partial charge in [-0.25, -0.2) is 0 Å². The number of hydrogen-bond donors (Lipinski definition) is 1. The van der Waals surface area contributed by atoms with Gasteiger partial charge in [0.1, 0.15) is 0 Å². The summed E-state index contributed by atoms with van der Waals surface area (Å²) in [6, 6.07) is 7.63. The second-order valence-corrected chi connectivity index (χ2v) is 4.99. The van der Waals surface area contributed by atoms with Gasteiger partial charge in [0.05, 0.1) is 12.5 Å². The smallest absolute Gasteiger partial charge is 0.246 e. The maximum Gasteiger partial charge on any atom is 0.246 e. The van der Waals surface area contributed by atoms with Gasteiger partial charge < -0.3 is 5.32 Å². The van der Waals surface area contributed by atoms with Crippen LogP contribution in [-0.4, -0.2) is 34.8 Å². The summed E-state index contributed by atoms with van der Waals surface area (Å²) >= 11 is 0. The Balaban J connectivity index is 1.71. The van der Waals surface area contributed by atoms with Gasteiger partial charge in [-0.15, -0.1) is 0 Å². The molecule has 102 valence electrons. The molecule has 2 amide bonds. The first kappa shape index (κ1) is 12.7. The maximum atomic E-state index is 11.8. The summed E-state index contributed by atoms with van der Waals surface area (Å²) in [6.45, 7) is 0.565. The van der Waals surface area contributed by atoms with Crippen LogP contribution >= 0.6 is 0 Å². The summed E-state index contributed by atoms with van der Waals surface area (Å²) in [7, 11) is 1.52. The average Bonchev–Trinajstić information content (AvgIpc) is 2.72. The van der Waals surface area contributed by atoms with Crippen molar-refractivity contribution in [2.75, 3.05) is 7.05 Å². The highest BCUT2D eigenvalue weighted by atomic mass is 16.2. The summed E-state index contributed by atoms with van der Waals surface area (Å²) in [5, 5.41) is 5.35. The standard InChI is InChI=1S/C15H15N3O2/c1-18-14(19)7-13(15(18)20)17-8-10-2-3-12-9-16-5-4-11(12)6-10/h2-6,9,13,17H,7-8H2,1H3. The molecule has 1 aromatic carbocycles. The van der Waals surface area contributed by atoms with Crippen LogP contribution in [0.3, 0.4) is 0 Å². The van der Waals surface area contributed by atoms with Crippen molar-refractivity contribution in [3.05, 3.63) is 42.2 Å². The number of nitrogens with zero attached hydrogens (tertiary/aromatic N) is 2. The van der Waals surface area contributed by atoms with E-state index >= 15 is 0 Å². The molecule has 0 aliphatic carbocycles. The fourth-order valence-electron chi connectivity index (χ4n) is 2.40. The molecule has 5 heteroatoms. The molecule has 1 unspecified atom stereocenters. The third-order valence-electron chi connectivity index (χ3n) is 3.64. The van der Waals surface area contributed by atoms with Crippen molar-refractivity contribution in [1.29, 1.82) is 0 Å². The van der Waals surface area contributed by atoms with Crippen molar-refractivity contribution in [1.82, 2.24) is 15.2 Å². The third-order valence-corrected chi connectivity index (χ3v) is 3.64. The molecular formula is C15H15N3O2. The number of benzene rings is 1. The summed E-state index contributed by atoms with van der Waals surface area (Å²) < 4.78 is 0. The molecule has 2 heterocycles. The van der Waals surface area contributed by atoms with Crippen LogP contribution in [-0.2, 0) is 16.1 Å². The zero-order valence-corrected chi connectivity index (χ0v) is 11.2. The molecule has 1 N–H and O–H groups in total. The number of likely N-dealkylation sites (tertiary alicyclic amines) is 1. The van der Waals surface area contributed by atoms with Crippen molar-refractivity contribution in [3.63, 3.8) is 0 Å². The van der Waals surface area contributed by atoms with Gasteiger partial charge in [0.2, 0.25) is 11.8 Å². The summed E-state index contributed by atoms with van der Waals surface area (Å²) in [4.78, 5) is 28.5. The molecular weight excluding hydrogens is 254 g/mol. The van der Waals surface area contributed by atoms with E-state index in [1.165, 1.54) is 11.9 Å². The number of amides is 2. The van der Waals surface area contributed by atoms with Crippen LogP contribution in [0.5, 0.6) is 0 Å². The van der Waals surface area contributed by atoms with Crippen molar-refractivity contribution >= 4 is 22.6 Å². The van der Waals surface area contributed by atoms with E-state index in [2.05, 4.69) is 16.4 Å². The van der Waals surface area contributed by atoms with Crippen LogP contribution in [0.1, 0.15) is 12.0 Å². The Hall–Kier alpha value is -2.27. The van der Waals surface area contributed by atoms with E-state index in [0.717, 1.165) is 16.3 Å². The van der Waals surface area contributed by atoms with Gasteiger partial charge in [-0.05, 0) is 23.1 Å². The van der Waals surface area contributed by atoms with Crippen LogP contribution < -0.4 is 5.32 Å². The predicted octanol–water partition coefficient (Wildman–Crippen LogP) is 1.08. The molecule has 20 heavy (non-hydrogen) atoms. The van der Waals surface area contributed by atoms with Gasteiger partial charge in [-0.1, -0.05) is 12.1 Å². The molecule has 0 bridgehead atoms. The van der Waals surface area contributed by atoms with Gasteiger partial charge >= 0.3 is 0 Å². The van der Waals surface area contributed by atoms with Gasteiger partial charge in [-0.2, -0.15) is 0 Å². The van der Waals surface area contributed by atoms with Crippen LogP contribution in [0.25, 0.3) is 10.8 Å². The molecule has 5 nitrogen and oxygen atoms in total. The van der Waals surface area contributed by atoms with E-state index in [1.807, 2.05) is 24.4 Å². The molecule has 1 atom stereocenters. The Morgan fingerprint density at radius 1 is 1.30 bits per heavy atom. The van der Waals surface area contributed by atoms with E-state index in [9.17, 15) is 9.59 Å². The molecule has 1 saturated heterocycles. The number of rotatable bonds is 3. The number of fused-ring (bicyclic) bond motifs is 1. The number of imide groups is 1. The van der Waals surface area contributed by atoms with Gasteiger partial charge in [0.25, 0.3) is 0 Å². The predicted molar refractivity (Wildman–Crippen MR) is 74.8 cm³/mol. The Kier molecular flexibility index (Phi) is 3.20. The molecule has 0 saturated carbocycles. The van der Waals surface area contributed by atoms with E-state index < -0.39 is 6.04 Å². The van der Waals surface area contributed by atoms with Gasteiger partial charge in [0.15, 0.2) is 0 Å². The lowest BCUT2D eigenvalue weighted by Crippen LogP contribution is -2.36. The molecule has 1 aliphatic rings. The Morgan fingerprint density at radius 3 is 2.90 bits per heavy atom. The first-order valence-corrected chi connectivity index (χ1v) is 6.51. The zero-order chi connectivity index (χ0) is 14.1. The van der Waals surface area contributed by atoms with Crippen molar-refractivity contribution in [2.24, 2.45) is 0 Å². The van der Waals surface area contributed by atoms with Crippen LogP contribution in [0.15, 0.2) is 36.7 Å². The zero-order valence-electron chi connectivity index (χ0n) is 11.2. The summed E-state index contributed by atoms with van der Waals surface area (Å²) in [5.74, 6) is -0.280. The lowest BCUT2D eigenvalue weighted by molar-refractivity contribution is -0.137. The minimum atomic E-state index is -0.402. The lowest BCUT2D eigenvalue weighted by atomic mass is 10.1. The summed E-state index contributed by atoms with van der Waals surface area (Å²) in [6.07, 6.45) is 3.82. The second-order valence-electron chi connectivity index (χ2n) is 4.99. The molecule has 1 aromatic heterocycles. The number of aromatic nitrogens is 1. The normalized spacial score (nSPS) is 19.1. The van der Waals surface area contributed by atoms with Crippen LogP contribution in [0.2, 0.25) is 0 Å². The first-order valence-electron chi connectivity index (χ1n) is 6.51. The van der Waals surface area contributed by atoms with E-state index in [0.29, 0.717) is 6.54 Å². The van der Waals surface area contributed by atoms with Crippen LogP contribution in [0, 0.1) is 0 Å². The molecule has 0 spiro atoms. The van der Waals surface area contributed by atoms with Crippen molar-refractivity contribution in [2.45, 2.75) is 19.0 Å². The Labute approximate surface area is 116 Å². The van der Waals surface area contributed by atoms with Crippen molar-refractivity contribution < 1.29 is 9.59 Å². The molecule has 2 aromatic rings.